The molecule has 0 N–H and O–H groups in total. The number of ether oxygens (including phenoxy) is 1. The van der Waals surface area contributed by atoms with Gasteiger partial charge in [0.2, 0.25) is 0 Å². The van der Waals surface area contributed by atoms with Gasteiger partial charge >= 0.3 is 5.97 Å². The van der Waals surface area contributed by atoms with Gasteiger partial charge in [-0.25, -0.2) is 4.79 Å². The number of carbonyl (C=O) groups excluding carboxylic acids is 1. The minimum atomic E-state index is -0.457. The molecule has 0 aliphatic heterocycles. The van der Waals surface area contributed by atoms with Crippen LogP contribution in [-0.4, -0.2) is 43.0 Å². The second-order valence-corrected chi connectivity index (χ2v) is 5.71. The van der Waals surface area contributed by atoms with Crippen molar-refractivity contribution >= 4 is 23.3 Å². The van der Waals surface area contributed by atoms with Crippen molar-refractivity contribution in [3.63, 3.8) is 0 Å². The SMILES string of the molecule is CN(C)CCOC(=O)/C(=C\c1ccc([N+](=O)[O-])cc1)c1ccccc1. The van der Waals surface area contributed by atoms with Crippen LogP contribution in [-0.2, 0) is 9.53 Å². The standard InChI is InChI=1S/C19H20N2O4/c1-20(2)12-13-25-19(22)18(16-6-4-3-5-7-16)14-15-8-10-17(11-9-15)21(23)24/h3-11,14H,12-13H2,1-2H3/b18-14-. The maximum Gasteiger partial charge on any atom is 0.338 e. The van der Waals surface area contributed by atoms with E-state index in [1.54, 1.807) is 18.2 Å². The van der Waals surface area contributed by atoms with Gasteiger partial charge in [-0.15, -0.1) is 0 Å². The summed E-state index contributed by atoms with van der Waals surface area (Å²) in [5.74, 6) is -0.425. The van der Waals surface area contributed by atoms with Crippen LogP contribution in [0, 0.1) is 10.1 Å². The van der Waals surface area contributed by atoms with Crippen LogP contribution in [0.1, 0.15) is 11.1 Å². The van der Waals surface area contributed by atoms with Gasteiger partial charge in [-0.3, -0.25) is 10.1 Å². The summed E-state index contributed by atoms with van der Waals surface area (Å²) >= 11 is 0. The molecule has 0 spiro atoms. The van der Waals surface area contributed by atoms with Crippen molar-refractivity contribution in [3.8, 4) is 0 Å². The summed E-state index contributed by atoms with van der Waals surface area (Å²) in [5.41, 5.74) is 1.84. The van der Waals surface area contributed by atoms with Gasteiger partial charge in [0.15, 0.2) is 0 Å². The summed E-state index contributed by atoms with van der Waals surface area (Å²) in [6, 6.07) is 15.2. The fourth-order valence-corrected chi connectivity index (χ4v) is 2.14. The molecule has 0 heterocycles. The van der Waals surface area contributed by atoms with Crippen molar-refractivity contribution in [2.45, 2.75) is 0 Å². The Hall–Kier alpha value is -2.99. The van der Waals surface area contributed by atoms with Crippen LogP contribution in [0.4, 0.5) is 5.69 Å². The fraction of sp³-hybridized carbons (Fsp3) is 0.211. The molecule has 0 aliphatic carbocycles. The van der Waals surface area contributed by atoms with Crippen molar-refractivity contribution in [1.82, 2.24) is 4.90 Å². The number of nitro benzene ring substituents is 1. The van der Waals surface area contributed by atoms with Crippen LogP contribution in [0.2, 0.25) is 0 Å². The first-order valence-electron chi connectivity index (χ1n) is 7.81. The van der Waals surface area contributed by atoms with E-state index in [0.717, 1.165) is 5.56 Å². The highest BCUT2D eigenvalue weighted by molar-refractivity contribution is 6.21. The maximum atomic E-state index is 12.5. The molecule has 0 aliphatic rings. The minimum absolute atomic E-state index is 0.00645. The van der Waals surface area contributed by atoms with Crippen molar-refractivity contribution < 1.29 is 14.5 Å². The average Bonchev–Trinajstić information content (AvgIpc) is 2.60. The second-order valence-electron chi connectivity index (χ2n) is 5.71. The van der Waals surface area contributed by atoms with Crippen LogP contribution >= 0.6 is 0 Å². The van der Waals surface area contributed by atoms with Gasteiger partial charge in [0.1, 0.15) is 6.61 Å². The topological polar surface area (TPSA) is 72.7 Å². The molecule has 6 nitrogen and oxygen atoms in total. The molecule has 0 radical (unpaired) electrons. The lowest BCUT2D eigenvalue weighted by atomic mass is 10.0. The lowest BCUT2D eigenvalue weighted by Crippen LogP contribution is -2.20. The third-order valence-electron chi connectivity index (χ3n) is 3.49. The highest BCUT2D eigenvalue weighted by atomic mass is 16.6. The molecule has 2 aromatic rings. The number of nitro groups is 1. The number of hydrogen-bond acceptors (Lipinski definition) is 5. The van der Waals surface area contributed by atoms with E-state index in [4.69, 9.17) is 4.74 Å². The number of benzene rings is 2. The quantitative estimate of drug-likeness (QED) is 0.254. The van der Waals surface area contributed by atoms with E-state index in [1.807, 2.05) is 49.3 Å². The predicted octanol–water partition coefficient (Wildman–Crippen LogP) is 3.24. The summed E-state index contributed by atoms with van der Waals surface area (Å²) in [6.07, 6.45) is 1.68. The van der Waals surface area contributed by atoms with E-state index < -0.39 is 10.9 Å². The van der Waals surface area contributed by atoms with E-state index in [9.17, 15) is 14.9 Å². The molecule has 2 rings (SSSR count). The van der Waals surface area contributed by atoms with Crippen molar-refractivity contribution in [1.29, 1.82) is 0 Å². The van der Waals surface area contributed by atoms with E-state index in [-0.39, 0.29) is 12.3 Å². The molecular weight excluding hydrogens is 320 g/mol. The molecule has 6 heteroatoms. The summed E-state index contributed by atoms with van der Waals surface area (Å²) < 4.78 is 5.35. The zero-order valence-electron chi connectivity index (χ0n) is 14.2. The normalized spacial score (nSPS) is 11.4. The largest absolute Gasteiger partial charge is 0.461 e. The lowest BCUT2D eigenvalue weighted by molar-refractivity contribution is -0.384. The first-order chi connectivity index (χ1) is 12.0. The third kappa shape index (κ3) is 5.54. The first kappa shape index (κ1) is 18.4. The van der Waals surface area contributed by atoms with Crippen molar-refractivity contribution in [3.05, 3.63) is 75.8 Å². The summed E-state index contributed by atoms with van der Waals surface area (Å²) in [5, 5.41) is 10.7. The van der Waals surface area contributed by atoms with Gasteiger partial charge < -0.3 is 9.64 Å². The Kier molecular flexibility index (Phi) is 6.42. The number of hydrogen-bond donors (Lipinski definition) is 0. The van der Waals surface area contributed by atoms with E-state index in [2.05, 4.69) is 0 Å². The van der Waals surface area contributed by atoms with E-state index in [1.165, 1.54) is 12.1 Å². The Morgan fingerprint density at radius 2 is 1.76 bits per heavy atom. The molecule has 0 saturated carbocycles. The maximum absolute atomic E-state index is 12.5. The number of nitrogens with zero attached hydrogens (tertiary/aromatic N) is 2. The predicted molar refractivity (Wildman–Crippen MR) is 96.9 cm³/mol. The fourth-order valence-electron chi connectivity index (χ4n) is 2.14. The highest BCUT2D eigenvalue weighted by Crippen LogP contribution is 2.21. The molecule has 0 amide bonds. The average molecular weight is 340 g/mol. The smallest absolute Gasteiger partial charge is 0.338 e. The molecule has 0 aromatic heterocycles. The number of likely N-dealkylation sites (N-methyl/N-ethyl adjacent to an activating group) is 1. The van der Waals surface area contributed by atoms with E-state index in [0.29, 0.717) is 17.7 Å². The van der Waals surface area contributed by atoms with Crippen LogP contribution in [0.3, 0.4) is 0 Å². The monoisotopic (exact) mass is 340 g/mol. The molecule has 25 heavy (non-hydrogen) atoms. The van der Waals surface area contributed by atoms with Gasteiger partial charge in [0.05, 0.1) is 10.5 Å². The summed E-state index contributed by atoms with van der Waals surface area (Å²) in [4.78, 5) is 24.7. The zero-order valence-corrected chi connectivity index (χ0v) is 14.2. The number of esters is 1. The molecule has 0 unspecified atom stereocenters. The van der Waals surface area contributed by atoms with Crippen molar-refractivity contribution in [2.75, 3.05) is 27.2 Å². The number of rotatable bonds is 7. The number of non-ortho nitro benzene ring substituents is 1. The molecule has 0 bridgehead atoms. The van der Waals surface area contributed by atoms with Gasteiger partial charge in [0.25, 0.3) is 5.69 Å². The third-order valence-corrected chi connectivity index (χ3v) is 3.49. The zero-order chi connectivity index (χ0) is 18.2. The molecule has 2 aromatic carbocycles. The van der Waals surface area contributed by atoms with E-state index >= 15 is 0 Å². The molecule has 130 valence electrons. The Balaban J connectivity index is 2.27. The Morgan fingerprint density at radius 1 is 1.12 bits per heavy atom. The van der Waals surface area contributed by atoms with Crippen LogP contribution < -0.4 is 0 Å². The molecule has 0 fully saturated rings. The Labute approximate surface area is 146 Å². The summed E-state index contributed by atoms with van der Waals surface area (Å²) in [6.45, 7) is 0.918. The molecular formula is C19H20N2O4. The van der Waals surface area contributed by atoms with Crippen LogP contribution in [0.15, 0.2) is 54.6 Å². The Bertz CT molecular complexity index is 753. The van der Waals surface area contributed by atoms with Gasteiger partial charge in [-0.2, -0.15) is 0 Å². The first-order valence-corrected chi connectivity index (χ1v) is 7.81. The highest BCUT2D eigenvalue weighted by Gasteiger charge is 2.14. The summed E-state index contributed by atoms with van der Waals surface area (Å²) in [7, 11) is 3.80. The van der Waals surface area contributed by atoms with Crippen LogP contribution in [0.25, 0.3) is 11.6 Å². The number of carbonyl (C=O) groups is 1. The molecule has 0 atom stereocenters. The lowest BCUT2D eigenvalue weighted by Gasteiger charge is -2.12. The van der Waals surface area contributed by atoms with Crippen LogP contribution in [0.5, 0.6) is 0 Å². The van der Waals surface area contributed by atoms with Gasteiger partial charge in [-0.1, -0.05) is 30.3 Å². The molecule has 0 saturated heterocycles. The van der Waals surface area contributed by atoms with Gasteiger partial charge in [-0.05, 0) is 43.4 Å². The minimum Gasteiger partial charge on any atom is -0.461 e. The Morgan fingerprint density at radius 3 is 2.32 bits per heavy atom. The van der Waals surface area contributed by atoms with Gasteiger partial charge in [0, 0.05) is 18.7 Å². The second kappa shape index (κ2) is 8.75. The van der Waals surface area contributed by atoms with Crippen molar-refractivity contribution in [2.24, 2.45) is 0 Å².